The molecule has 0 aliphatic carbocycles. The van der Waals surface area contributed by atoms with Crippen LogP contribution >= 0.6 is 0 Å². The fraction of sp³-hybridized carbons (Fsp3) is 0.250. The topological polar surface area (TPSA) is 79.4 Å². The van der Waals surface area contributed by atoms with Crippen molar-refractivity contribution in [2.24, 2.45) is 0 Å². The zero-order valence-electron chi connectivity index (χ0n) is 12.5. The third kappa shape index (κ3) is 2.78. The number of carbonyl (C=O) groups is 1. The molecule has 0 amide bonds. The number of aryl methyl sites for hydroxylation is 2. The Balaban J connectivity index is 2.80. The first-order valence-corrected chi connectivity index (χ1v) is 6.61. The largest absolute Gasteiger partial charge is 0.477 e. The van der Waals surface area contributed by atoms with E-state index in [-0.39, 0.29) is 23.4 Å². The SMILES string of the molecule is COCc1[nH]c(C)c(-c2ccc(F)cc2C)c(=O)c1C(=O)O. The lowest BCUT2D eigenvalue weighted by molar-refractivity contribution is 0.0689. The Labute approximate surface area is 126 Å². The first kappa shape index (κ1) is 15.9. The average molecular weight is 305 g/mol. The summed E-state index contributed by atoms with van der Waals surface area (Å²) >= 11 is 0. The number of hydrogen-bond acceptors (Lipinski definition) is 3. The molecule has 0 saturated heterocycles. The van der Waals surface area contributed by atoms with Gasteiger partial charge < -0.3 is 14.8 Å². The molecule has 6 heteroatoms. The van der Waals surface area contributed by atoms with E-state index in [1.54, 1.807) is 13.8 Å². The van der Waals surface area contributed by atoms with Crippen LogP contribution in [-0.4, -0.2) is 23.2 Å². The number of hydrogen-bond donors (Lipinski definition) is 2. The standard InChI is InChI=1S/C16H16FNO4/c1-8-6-10(17)4-5-11(8)13-9(2)18-12(7-22-3)14(15(13)19)16(20)21/h4-6H,7H2,1-3H3,(H,18,19)(H,20,21). The van der Waals surface area contributed by atoms with Gasteiger partial charge in [0, 0.05) is 18.4 Å². The molecule has 1 aromatic heterocycles. The lowest BCUT2D eigenvalue weighted by atomic mass is 9.96. The van der Waals surface area contributed by atoms with Gasteiger partial charge in [-0.3, -0.25) is 4.79 Å². The van der Waals surface area contributed by atoms with Gasteiger partial charge in [-0.15, -0.1) is 0 Å². The second-order valence-corrected chi connectivity index (χ2v) is 5.01. The van der Waals surface area contributed by atoms with E-state index in [1.807, 2.05) is 0 Å². The molecule has 2 rings (SSSR count). The monoisotopic (exact) mass is 305 g/mol. The Hall–Kier alpha value is -2.47. The summed E-state index contributed by atoms with van der Waals surface area (Å²) < 4.78 is 18.2. The number of aromatic carboxylic acids is 1. The molecule has 2 aromatic rings. The first-order valence-electron chi connectivity index (χ1n) is 6.61. The Morgan fingerprint density at radius 1 is 1.36 bits per heavy atom. The maximum absolute atomic E-state index is 13.2. The second kappa shape index (κ2) is 6.11. The summed E-state index contributed by atoms with van der Waals surface area (Å²) in [7, 11) is 1.41. The predicted octanol–water partition coefficient (Wildman–Crippen LogP) is 2.64. The second-order valence-electron chi connectivity index (χ2n) is 5.01. The number of nitrogens with one attached hydrogen (secondary N) is 1. The number of aromatic amines is 1. The van der Waals surface area contributed by atoms with Crippen LogP contribution in [0.4, 0.5) is 4.39 Å². The number of carboxylic acids is 1. The minimum atomic E-state index is -1.32. The van der Waals surface area contributed by atoms with Gasteiger partial charge in [0.25, 0.3) is 0 Å². The number of carboxylic acid groups (broad SMARTS) is 1. The zero-order chi connectivity index (χ0) is 16.4. The molecule has 1 aromatic carbocycles. The van der Waals surface area contributed by atoms with E-state index < -0.39 is 17.2 Å². The van der Waals surface area contributed by atoms with Gasteiger partial charge in [-0.2, -0.15) is 0 Å². The number of benzene rings is 1. The summed E-state index contributed by atoms with van der Waals surface area (Å²) in [5, 5.41) is 9.31. The molecular weight excluding hydrogens is 289 g/mol. The minimum Gasteiger partial charge on any atom is -0.477 e. The Morgan fingerprint density at radius 3 is 2.59 bits per heavy atom. The van der Waals surface area contributed by atoms with Gasteiger partial charge in [-0.25, -0.2) is 9.18 Å². The van der Waals surface area contributed by atoms with Crippen LogP contribution < -0.4 is 5.43 Å². The van der Waals surface area contributed by atoms with Crippen LogP contribution in [-0.2, 0) is 11.3 Å². The van der Waals surface area contributed by atoms with Crippen molar-refractivity contribution in [2.75, 3.05) is 7.11 Å². The first-order chi connectivity index (χ1) is 10.4. The maximum Gasteiger partial charge on any atom is 0.341 e. The average Bonchev–Trinajstić information content (AvgIpc) is 2.40. The van der Waals surface area contributed by atoms with E-state index in [1.165, 1.54) is 25.3 Å². The van der Waals surface area contributed by atoms with Crippen LogP contribution in [0.2, 0.25) is 0 Å². The summed E-state index contributed by atoms with van der Waals surface area (Å²) in [6.45, 7) is 3.32. The highest BCUT2D eigenvalue weighted by Crippen LogP contribution is 2.24. The third-order valence-electron chi connectivity index (χ3n) is 3.43. The van der Waals surface area contributed by atoms with Crippen molar-refractivity contribution < 1.29 is 19.0 Å². The summed E-state index contributed by atoms with van der Waals surface area (Å²) in [6, 6.07) is 4.02. The molecule has 0 atom stereocenters. The van der Waals surface area contributed by atoms with Crippen molar-refractivity contribution in [1.82, 2.24) is 4.98 Å². The van der Waals surface area contributed by atoms with Gasteiger partial charge in [0.05, 0.1) is 12.3 Å². The molecule has 0 spiro atoms. The van der Waals surface area contributed by atoms with Gasteiger partial charge >= 0.3 is 5.97 Å². The molecular formula is C16H16FNO4. The molecule has 1 heterocycles. The van der Waals surface area contributed by atoms with Crippen molar-refractivity contribution in [3.63, 3.8) is 0 Å². The van der Waals surface area contributed by atoms with Crippen molar-refractivity contribution in [2.45, 2.75) is 20.5 Å². The summed E-state index contributed by atoms with van der Waals surface area (Å²) in [4.78, 5) is 26.9. The molecule has 0 fully saturated rings. The third-order valence-corrected chi connectivity index (χ3v) is 3.43. The van der Waals surface area contributed by atoms with Gasteiger partial charge in [0.1, 0.15) is 11.4 Å². The van der Waals surface area contributed by atoms with Crippen molar-refractivity contribution in [3.05, 3.63) is 56.8 Å². The van der Waals surface area contributed by atoms with E-state index in [0.717, 1.165) is 0 Å². The lowest BCUT2D eigenvalue weighted by Gasteiger charge is -2.13. The number of rotatable bonds is 4. The number of H-pyrrole nitrogens is 1. The molecule has 0 saturated carbocycles. The van der Waals surface area contributed by atoms with Crippen LogP contribution in [0.15, 0.2) is 23.0 Å². The van der Waals surface area contributed by atoms with Crippen molar-refractivity contribution in [1.29, 1.82) is 0 Å². The molecule has 22 heavy (non-hydrogen) atoms. The molecule has 5 nitrogen and oxygen atoms in total. The minimum absolute atomic E-state index is 0.0135. The number of ether oxygens (including phenoxy) is 1. The summed E-state index contributed by atoms with van der Waals surface area (Å²) in [5.74, 6) is -1.74. The van der Waals surface area contributed by atoms with E-state index >= 15 is 0 Å². The number of halogens is 1. The Kier molecular flexibility index (Phi) is 4.42. The van der Waals surface area contributed by atoms with E-state index in [4.69, 9.17) is 4.74 Å². The molecule has 0 radical (unpaired) electrons. The molecule has 116 valence electrons. The highest BCUT2D eigenvalue weighted by atomic mass is 19.1. The van der Waals surface area contributed by atoms with Crippen molar-refractivity contribution in [3.8, 4) is 11.1 Å². The number of methoxy groups -OCH3 is 1. The molecule has 0 aliphatic rings. The number of pyridine rings is 1. The quantitative estimate of drug-likeness (QED) is 0.910. The van der Waals surface area contributed by atoms with Crippen LogP contribution in [0, 0.1) is 19.7 Å². The van der Waals surface area contributed by atoms with E-state index in [0.29, 0.717) is 16.8 Å². The summed E-state index contributed by atoms with van der Waals surface area (Å²) in [6.07, 6.45) is 0. The zero-order valence-corrected chi connectivity index (χ0v) is 12.5. The Morgan fingerprint density at radius 2 is 2.05 bits per heavy atom. The van der Waals surface area contributed by atoms with Crippen LogP contribution in [0.25, 0.3) is 11.1 Å². The normalized spacial score (nSPS) is 10.7. The predicted molar refractivity (Wildman–Crippen MR) is 79.6 cm³/mol. The number of aromatic nitrogens is 1. The molecule has 2 N–H and O–H groups in total. The van der Waals surface area contributed by atoms with Crippen molar-refractivity contribution >= 4 is 5.97 Å². The lowest BCUT2D eigenvalue weighted by Crippen LogP contribution is -2.23. The molecule has 0 bridgehead atoms. The van der Waals surface area contributed by atoms with Gasteiger partial charge in [-0.1, -0.05) is 6.07 Å². The Bertz CT molecular complexity index is 795. The van der Waals surface area contributed by atoms with Gasteiger partial charge in [-0.05, 0) is 37.1 Å². The highest BCUT2D eigenvalue weighted by molar-refractivity contribution is 5.91. The van der Waals surface area contributed by atoms with Crippen LogP contribution in [0.1, 0.15) is 27.3 Å². The van der Waals surface area contributed by atoms with Crippen LogP contribution in [0.3, 0.4) is 0 Å². The molecule has 0 aliphatic heterocycles. The molecule has 0 unspecified atom stereocenters. The smallest absolute Gasteiger partial charge is 0.341 e. The van der Waals surface area contributed by atoms with Crippen LogP contribution in [0.5, 0.6) is 0 Å². The van der Waals surface area contributed by atoms with Gasteiger partial charge in [0.15, 0.2) is 0 Å². The maximum atomic E-state index is 13.2. The van der Waals surface area contributed by atoms with Gasteiger partial charge in [0.2, 0.25) is 5.43 Å². The highest BCUT2D eigenvalue weighted by Gasteiger charge is 2.22. The fourth-order valence-corrected chi connectivity index (χ4v) is 2.49. The fourth-order valence-electron chi connectivity index (χ4n) is 2.49. The summed E-state index contributed by atoms with van der Waals surface area (Å²) in [5.41, 5.74) is 1.06. The van der Waals surface area contributed by atoms with E-state index in [2.05, 4.69) is 4.98 Å². The van der Waals surface area contributed by atoms with E-state index in [9.17, 15) is 19.1 Å².